The van der Waals surface area contributed by atoms with Gasteiger partial charge in [0.25, 0.3) is 5.91 Å². The van der Waals surface area contributed by atoms with Crippen molar-refractivity contribution < 1.29 is 13.2 Å². The zero-order valence-electron chi connectivity index (χ0n) is 7.71. The van der Waals surface area contributed by atoms with Gasteiger partial charge in [-0.25, -0.2) is 13.6 Å². The average Bonchev–Trinajstić information content (AvgIpc) is 2.63. The van der Waals surface area contributed by atoms with Crippen LogP contribution >= 0.6 is 11.5 Å². The van der Waals surface area contributed by atoms with Gasteiger partial charge in [0.2, 0.25) is 10.0 Å². The maximum absolute atomic E-state index is 11.3. The number of nitrogens with two attached hydrogens (primary N) is 1. The standard InChI is InChI=1S/C6H10N4O3S2/c7-15(12,13)3-1-2-8-6(11)5-4-9-10-14-5/h4H,1-3H2,(H,8,11)(H2,7,12,13). The monoisotopic (exact) mass is 250 g/mol. The molecule has 0 saturated carbocycles. The van der Waals surface area contributed by atoms with Gasteiger partial charge in [-0.05, 0) is 18.0 Å². The predicted octanol–water partition coefficient (Wildman–Crippen LogP) is -1.05. The van der Waals surface area contributed by atoms with Crippen molar-refractivity contribution in [2.24, 2.45) is 5.14 Å². The van der Waals surface area contributed by atoms with Crippen molar-refractivity contribution in [3.05, 3.63) is 11.1 Å². The van der Waals surface area contributed by atoms with Crippen molar-refractivity contribution in [3.8, 4) is 0 Å². The van der Waals surface area contributed by atoms with Crippen LogP contribution in [-0.2, 0) is 10.0 Å². The summed E-state index contributed by atoms with van der Waals surface area (Å²) in [6.45, 7) is 0.257. The Bertz CT molecular complexity index is 414. The van der Waals surface area contributed by atoms with Crippen LogP contribution in [0.3, 0.4) is 0 Å². The Labute approximate surface area is 90.9 Å². The smallest absolute Gasteiger partial charge is 0.264 e. The summed E-state index contributed by atoms with van der Waals surface area (Å²) in [4.78, 5) is 11.7. The summed E-state index contributed by atoms with van der Waals surface area (Å²) in [5, 5.41) is 10.8. The van der Waals surface area contributed by atoms with Gasteiger partial charge in [-0.1, -0.05) is 4.49 Å². The molecular weight excluding hydrogens is 240 g/mol. The number of primary sulfonamides is 1. The maximum atomic E-state index is 11.3. The number of nitrogens with one attached hydrogen (secondary N) is 1. The van der Waals surface area contributed by atoms with Crippen molar-refractivity contribution in [2.75, 3.05) is 12.3 Å². The quantitative estimate of drug-likeness (QED) is 0.647. The fourth-order valence-electron chi connectivity index (χ4n) is 0.830. The number of rotatable bonds is 5. The third-order valence-electron chi connectivity index (χ3n) is 1.48. The first-order chi connectivity index (χ1) is 6.99. The van der Waals surface area contributed by atoms with E-state index in [0.717, 1.165) is 11.5 Å². The molecule has 1 heterocycles. The first kappa shape index (κ1) is 12.0. The average molecular weight is 250 g/mol. The molecule has 3 N–H and O–H groups in total. The minimum atomic E-state index is -3.45. The molecule has 0 aliphatic heterocycles. The molecule has 15 heavy (non-hydrogen) atoms. The molecule has 0 atom stereocenters. The number of hydrogen-bond acceptors (Lipinski definition) is 6. The maximum Gasteiger partial charge on any atom is 0.264 e. The van der Waals surface area contributed by atoms with Gasteiger partial charge < -0.3 is 5.32 Å². The number of nitrogens with zero attached hydrogens (tertiary/aromatic N) is 2. The van der Waals surface area contributed by atoms with Crippen LogP contribution in [0.2, 0.25) is 0 Å². The van der Waals surface area contributed by atoms with E-state index in [9.17, 15) is 13.2 Å². The highest BCUT2D eigenvalue weighted by Gasteiger charge is 2.08. The Balaban J connectivity index is 2.24. The SMILES string of the molecule is NS(=O)(=O)CCCNC(=O)c1cnns1. The minimum Gasteiger partial charge on any atom is -0.351 e. The molecule has 1 rings (SSSR count). The van der Waals surface area contributed by atoms with E-state index in [4.69, 9.17) is 5.14 Å². The summed E-state index contributed by atoms with van der Waals surface area (Å²) < 4.78 is 24.6. The summed E-state index contributed by atoms with van der Waals surface area (Å²) in [7, 11) is -3.45. The van der Waals surface area contributed by atoms with Crippen LogP contribution in [0, 0.1) is 0 Å². The third-order valence-corrected chi connectivity index (χ3v) is 3.00. The van der Waals surface area contributed by atoms with Gasteiger partial charge in [-0.15, -0.1) is 5.10 Å². The molecule has 0 radical (unpaired) electrons. The Morgan fingerprint density at radius 1 is 1.60 bits per heavy atom. The molecule has 9 heteroatoms. The van der Waals surface area contributed by atoms with Gasteiger partial charge in [-0.3, -0.25) is 4.79 Å². The number of amides is 1. The summed E-state index contributed by atoms with van der Waals surface area (Å²) in [5.74, 6) is -0.451. The van der Waals surface area contributed by atoms with Crippen LogP contribution in [-0.4, -0.2) is 36.2 Å². The molecule has 1 amide bonds. The zero-order chi connectivity index (χ0) is 11.3. The van der Waals surface area contributed by atoms with Gasteiger partial charge in [0.15, 0.2) is 0 Å². The molecule has 1 aromatic rings. The third kappa shape index (κ3) is 4.81. The molecule has 0 aliphatic carbocycles. The van der Waals surface area contributed by atoms with E-state index in [2.05, 4.69) is 14.9 Å². The van der Waals surface area contributed by atoms with Crippen molar-refractivity contribution >= 4 is 27.5 Å². The van der Waals surface area contributed by atoms with Crippen molar-refractivity contribution in [2.45, 2.75) is 6.42 Å². The first-order valence-corrected chi connectivity index (χ1v) is 6.54. The number of sulfonamides is 1. The molecule has 1 aromatic heterocycles. The number of aromatic nitrogens is 2. The highest BCUT2D eigenvalue weighted by molar-refractivity contribution is 7.89. The predicted molar refractivity (Wildman–Crippen MR) is 54.8 cm³/mol. The summed E-state index contributed by atoms with van der Waals surface area (Å²) in [6.07, 6.45) is 1.64. The van der Waals surface area contributed by atoms with Crippen LogP contribution in [0.25, 0.3) is 0 Å². The van der Waals surface area contributed by atoms with Crippen molar-refractivity contribution in [1.82, 2.24) is 14.9 Å². The largest absolute Gasteiger partial charge is 0.351 e. The molecule has 0 saturated heterocycles. The number of carbonyl (C=O) groups is 1. The van der Waals surface area contributed by atoms with Crippen LogP contribution in [0.15, 0.2) is 6.20 Å². The van der Waals surface area contributed by atoms with Gasteiger partial charge in [0.05, 0.1) is 11.9 Å². The number of hydrogen-bond donors (Lipinski definition) is 2. The lowest BCUT2D eigenvalue weighted by atomic mass is 10.4. The molecule has 0 bridgehead atoms. The lowest BCUT2D eigenvalue weighted by Crippen LogP contribution is -2.26. The molecule has 0 fully saturated rings. The van der Waals surface area contributed by atoms with Crippen molar-refractivity contribution in [3.63, 3.8) is 0 Å². The summed E-state index contributed by atoms with van der Waals surface area (Å²) in [6, 6.07) is 0. The Morgan fingerprint density at radius 2 is 2.33 bits per heavy atom. The van der Waals surface area contributed by atoms with Crippen molar-refractivity contribution in [1.29, 1.82) is 0 Å². The summed E-state index contributed by atoms with van der Waals surface area (Å²) in [5.41, 5.74) is 0. The highest BCUT2D eigenvalue weighted by atomic mass is 32.2. The van der Waals surface area contributed by atoms with Crippen LogP contribution in [0.5, 0.6) is 0 Å². The first-order valence-electron chi connectivity index (χ1n) is 4.05. The van der Waals surface area contributed by atoms with Crippen LogP contribution in [0.4, 0.5) is 0 Å². The van der Waals surface area contributed by atoms with E-state index >= 15 is 0 Å². The second kappa shape index (κ2) is 5.14. The van der Waals surface area contributed by atoms with Crippen LogP contribution < -0.4 is 10.5 Å². The molecule has 0 aromatic carbocycles. The fourth-order valence-corrected chi connectivity index (χ4v) is 1.81. The highest BCUT2D eigenvalue weighted by Crippen LogP contribution is 2.00. The van der Waals surface area contributed by atoms with Gasteiger partial charge in [0, 0.05) is 6.54 Å². The van der Waals surface area contributed by atoms with Gasteiger partial charge in [-0.2, -0.15) is 0 Å². The second-order valence-corrected chi connectivity index (χ2v) is 5.28. The van der Waals surface area contributed by atoms with E-state index < -0.39 is 10.0 Å². The molecule has 0 aliphatic rings. The van der Waals surface area contributed by atoms with Crippen LogP contribution in [0.1, 0.15) is 16.1 Å². The number of carbonyl (C=O) groups excluding carboxylic acids is 1. The lowest BCUT2D eigenvalue weighted by Gasteiger charge is -2.01. The Kier molecular flexibility index (Phi) is 4.12. The molecular formula is C6H10N4O3S2. The van der Waals surface area contributed by atoms with E-state index in [1.807, 2.05) is 0 Å². The normalized spacial score (nSPS) is 11.3. The van der Waals surface area contributed by atoms with E-state index in [1.54, 1.807) is 0 Å². The zero-order valence-corrected chi connectivity index (χ0v) is 9.34. The minimum absolute atomic E-state index is 0.145. The Morgan fingerprint density at radius 3 is 2.87 bits per heavy atom. The molecule has 0 unspecified atom stereocenters. The Hall–Kier alpha value is -1.06. The topological polar surface area (TPSA) is 115 Å². The van der Waals surface area contributed by atoms with Gasteiger partial charge >= 0.3 is 0 Å². The van der Waals surface area contributed by atoms with E-state index in [-0.39, 0.29) is 24.6 Å². The molecule has 84 valence electrons. The van der Waals surface area contributed by atoms with Gasteiger partial charge in [0.1, 0.15) is 4.88 Å². The lowest BCUT2D eigenvalue weighted by molar-refractivity contribution is 0.0957. The fraction of sp³-hybridized carbons (Fsp3) is 0.500. The summed E-state index contributed by atoms with van der Waals surface area (Å²) >= 11 is 0.979. The van der Waals surface area contributed by atoms with E-state index in [1.165, 1.54) is 6.20 Å². The van der Waals surface area contributed by atoms with E-state index in [0.29, 0.717) is 4.88 Å². The molecule has 0 spiro atoms. The molecule has 7 nitrogen and oxygen atoms in total. The second-order valence-electron chi connectivity index (χ2n) is 2.76.